The zero-order valence-corrected chi connectivity index (χ0v) is 17.4. The fraction of sp³-hybridized carbons (Fsp3) is 0.273. The molecule has 1 aliphatic heterocycles. The highest BCUT2D eigenvalue weighted by molar-refractivity contribution is 6.09. The van der Waals surface area contributed by atoms with E-state index >= 15 is 0 Å². The van der Waals surface area contributed by atoms with Crippen molar-refractivity contribution in [3.05, 3.63) is 65.2 Å². The number of ether oxygens (including phenoxy) is 2. The molecule has 2 aromatic carbocycles. The normalized spacial score (nSPS) is 17.8. The minimum absolute atomic E-state index is 0.178. The minimum Gasteiger partial charge on any atom is -0.497 e. The van der Waals surface area contributed by atoms with Gasteiger partial charge in [0.1, 0.15) is 17.8 Å². The lowest BCUT2D eigenvalue weighted by Gasteiger charge is -2.22. The van der Waals surface area contributed by atoms with Gasteiger partial charge in [-0.05, 0) is 42.3 Å². The van der Waals surface area contributed by atoms with Gasteiger partial charge < -0.3 is 20.1 Å². The fourth-order valence-electron chi connectivity index (χ4n) is 3.25. The second-order valence-electron chi connectivity index (χ2n) is 7.14. The van der Waals surface area contributed by atoms with Crippen LogP contribution in [0.3, 0.4) is 0 Å². The maximum atomic E-state index is 13.0. The first-order valence-corrected chi connectivity index (χ1v) is 9.51. The number of nitrogens with one attached hydrogen (secondary N) is 2. The van der Waals surface area contributed by atoms with Crippen molar-refractivity contribution in [1.82, 2.24) is 15.5 Å². The summed E-state index contributed by atoms with van der Waals surface area (Å²) in [5, 5.41) is 5.32. The first kappa shape index (κ1) is 21.8. The molecule has 1 heterocycles. The summed E-state index contributed by atoms with van der Waals surface area (Å²) in [5.41, 5.74) is 0.405. The van der Waals surface area contributed by atoms with E-state index in [-0.39, 0.29) is 6.54 Å². The smallest absolute Gasteiger partial charge is 0.337 e. The van der Waals surface area contributed by atoms with E-state index in [1.165, 1.54) is 14.2 Å². The molecule has 4 amide bonds. The van der Waals surface area contributed by atoms with E-state index in [1.807, 2.05) is 0 Å². The largest absolute Gasteiger partial charge is 0.497 e. The van der Waals surface area contributed by atoms with Crippen LogP contribution in [0.4, 0.5) is 4.79 Å². The Labute approximate surface area is 179 Å². The molecular formula is C22H23N3O6. The second-order valence-corrected chi connectivity index (χ2v) is 7.14. The summed E-state index contributed by atoms with van der Waals surface area (Å²) >= 11 is 0. The summed E-state index contributed by atoms with van der Waals surface area (Å²) in [6, 6.07) is 12.7. The van der Waals surface area contributed by atoms with Gasteiger partial charge in [0.05, 0.1) is 19.8 Å². The molecule has 162 valence electrons. The van der Waals surface area contributed by atoms with Crippen molar-refractivity contribution in [2.24, 2.45) is 0 Å². The predicted molar refractivity (Wildman–Crippen MR) is 110 cm³/mol. The third kappa shape index (κ3) is 4.50. The van der Waals surface area contributed by atoms with E-state index in [0.29, 0.717) is 16.9 Å². The topological polar surface area (TPSA) is 114 Å². The Balaban J connectivity index is 1.63. The van der Waals surface area contributed by atoms with Gasteiger partial charge in [-0.25, -0.2) is 9.59 Å². The van der Waals surface area contributed by atoms with Crippen LogP contribution < -0.4 is 15.4 Å². The highest BCUT2D eigenvalue weighted by atomic mass is 16.5. The van der Waals surface area contributed by atoms with Crippen molar-refractivity contribution in [2.45, 2.75) is 19.0 Å². The van der Waals surface area contributed by atoms with E-state index in [9.17, 15) is 19.2 Å². The summed E-state index contributed by atoms with van der Waals surface area (Å²) in [7, 11) is 2.81. The van der Waals surface area contributed by atoms with Crippen LogP contribution in [-0.4, -0.2) is 49.5 Å². The number of carbonyl (C=O) groups is 4. The standard InChI is InChI=1S/C22H23N3O6/c1-22(16-5-4-6-17(11-16)30-2)20(28)25(21(29)24-22)13-18(26)23-12-14-7-9-15(10-8-14)19(27)31-3/h4-11H,12-13H2,1-3H3,(H,23,26)(H,24,29)/t22-/m1/s1. The summed E-state index contributed by atoms with van der Waals surface area (Å²) < 4.78 is 9.83. The first-order chi connectivity index (χ1) is 14.8. The van der Waals surface area contributed by atoms with Crippen molar-refractivity contribution in [3.63, 3.8) is 0 Å². The number of esters is 1. The molecule has 0 saturated carbocycles. The minimum atomic E-state index is -1.30. The number of rotatable bonds is 7. The Kier molecular flexibility index (Phi) is 6.24. The van der Waals surface area contributed by atoms with Crippen LogP contribution in [0.1, 0.15) is 28.4 Å². The number of benzene rings is 2. The molecule has 3 rings (SSSR count). The third-order valence-corrected chi connectivity index (χ3v) is 5.09. The highest BCUT2D eigenvalue weighted by Crippen LogP contribution is 2.30. The van der Waals surface area contributed by atoms with Gasteiger partial charge in [0, 0.05) is 6.54 Å². The van der Waals surface area contributed by atoms with Crippen molar-refractivity contribution >= 4 is 23.8 Å². The third-order valence-electron chi connectivity index (χ3n) is 5.09. The average Bonchev–Trinajstić information content (AvgIpc) is 3.01. The molecule has 0 aliphatic carbocycles. The van der Waals surface area contributed by atoms with Crippen LogP contribution in [0.25, 0.3) is 0 Å². The van der Waals surface area contributed by atoms with Crippen LogP contribution in [0.15, 0.2) is 48.5 Å². The van der Waals surface area contributed by atoms with E-state index in [0.717, 1.165) is 10.5 Å². The number of nitrogens with zero attached hydrogens (tertiary/aromatic N) is 1. The Bertz CT molecular complexity index is 1020. The Morgan fingerprint density at radius 3 is 2.45 bits per heavy atom. The number of methoxy groups -OCH3 is 2. The molecule has 2 N–H and O–H groups in total. The lowest BCUT2D eigenvalue weighted by atomic mass is 9.92. The second kappa shape index (κ2) is 8.86. The number of hydrogen-bond acceptors (Lipinski definition) is 6. The molecule has 1 saturated heterocycles. The zero-order valence-electron chi connectivity index (χ0n) is 17.4. The van der Waals surface area contributed by atoms with Gasteiger partial charge in [0.2, 0.25) is 5.91 Å². The van der Waals surface area contributed by atoms with Gasteiger partial charge in [-0.1, -0.05) is 24.3 Å². The maximum Gasteiger partial charge on any atom is 0.337 e. The van der Waals surface area contributed by atoms with E-state index in [4.69, 9.17) is 4.74 Å². The lowest BCUT2D eigenvalue weighted by Crippen LogP contribution is -2.43. The molecular weight excluding hydrogens is 402 g/mol. The highest BCUT2D eigenvalue weighted by Gasteiger charge is 2.49. The summed E-state index contributed by atoms with van der Waals surface area (Å²) in [6.45, 7) is 1.35. The molecule has 9 heteroatoms. The number of hydrogen-bond donors (Lipinski definition) is 2. The van der Waals surface area contributed by atoms with Crippen LogP contribution in [0, 0.1) is 0 Å². The van der Waals surface area contributed by atoms with E-state index in [1.54, 1.807) is 55.5 Å². The first-order valence-electron chi connectivity index (χ1n) is 9.51. The van der Waals surface area contributed by atoms with Gasteiger partial charge in [-0.15, -0.1) is 0 Å². The Hall–Kier alpha value is -3.88. The molecule has 1 aliphatic rings. The summed E-state index contributed by atoms with van der Waals surface area (Å²) in [4.78, 5) is 50.1. The van der Waals surface area contributed by atoms with E-state index < -0.39 is 35.9 Å². The number of carbonyl (C=O) groups excluding carboxylic acids is 4. The molecule has 2 aromatic rings. The summed E-state index contributed by atoms with van der Waals surface area (Å²) in [6.07, 6.45) is 0. The molecule has 31 heavy (non-hydrogen) atoms. The monoisotopic (exact) mass is 425 g/mol. The summed E-state index contributed by atoms with van der Waals surface area (Å²) in [5.74, 6) is -0.915. The quantitative estimate of drug-likeness (QED) is 0.514. The number of imide groups is 1. The molecule has 9 nitrogen and oxygen atoms in total. The van der Waals surface area contributed by atoms with Gasteiger partial charge >= 0.3 is 12.0 Å². The van der Waals surface area contributed by atoms with Crippen LogP contribution in [0.5, 0.6) is 5.75 Å². The molecule has 0 aromatic heterocycles. The fourth-order valence-corrected chi connectivity index (χ4v) is 3.25. The molecule has 0 unspecified atom stereocenters. The Morgan fingerprint density at radius 2 is 1.81 bits per heavy atom. The maximum absolute atomic E-state index is 13.0. The van der Waals surface area contributed by atoms with Crippen molar-refractivity contribution < 1.29 is 28.7 Å². The van der Waals surface area contributed by atoms with Crippen molar-refractivity contribution in [2.75, 3.05) is 20.8 Å². The molecule has 1 fully saturated rings. The average molecular weight is 425 g/mol. The van der Waals surface area contributed by atoms with Crippen LogP contribution in [0.2, 0.25) is 0 Å². The van der Waals surface area contributed by atoms with Gasteiger partial charge in [-0.2, -0.15) is 0 Å². The predicted octanol–water partition coefficient (Wildman–Crippen LogP) is 1.57. The molecule has 0 radical (unpaired) electrons. The SMILES string of the molecule is COC(=O)c1ccc(CNC(=O)CN2C(=O)N[C@](C)(c3cccc(OC)c3)C2=O)cc1. The molecule has 1 atom stereocenters. The number of urea groups is 1. The van der Waals surface area contributed by atoms with Gasteiger partial charge in [0.15, 0.2) is 0 Å². The van der Waals surface area contributed by atoms with Gasteiger partial charge in [0.25, 0.3) is 5.91 Å². The lowest BCUT2D eigenvalue weighted by molar-refractivity contribution is -0.134. The zero-order chi connectivity index (χ0) is 22.6. The molecule has 0 bridgehead atoms. The molecule has 0 spiro atoms. The van der Waals surface area contributed by atoms with Crippen LogP contribution in [-0.2, 0) is 26.4 Å². The van der Waals surface area contributed by atoms with E-state index in [2.05, 4.69) is 15.4 Å². The Morgan fingerprint density at radius 1 is 1.10 bits per heavy atom. The van der Waals surface area contributed by atoms with Crippen LogP contribution >= 0.6 is 0 Å². The number of amides is 4. The van der Waals surface area contributed by atoms with Crippen molar-refractivity contribution in [3.8, 4) is 5.75 Å². The van der Waals surface area contributed by atoms with Gasteiger partial charge in [-0.3, -0.25) is 14.5 Å². The van der Waals surface area contributed by atoms with Crippen molar-refractivity contribution in [1.29, 1.82) is 0 Å².